The van der Waals surface area contributed by atoms with Crippen LogP contribution in [-0.2, 0) is 15.0 Å². The summed E-state index contributed by atoms with van der Waals surface area (Å²) in [6.45, 7) is 0. The molecule has 0 radical (unpaired) electrons. The summed E-state index contributed by atoms with van der Waals surface area (Å²) in [7, 11) is 0. The summed E-state index contributed by atoms with van der Waals surface area (Å²) < 4.78 is 13.8. The molecule has 27 heavy (non-hydrogen) atoms. The molecule has 0 aromatic heterocycles. The highest BCUT2D eigenvalue weighted by atomic mass is 19.1. The van der Waals surface area contributed by atoms with E-state index in [4.69, 9.17) is 4.84 Å². The second-order valence-electron chi connectivity index (χ2n) is 6.98. The van der Waals surface area contributed by atoms with Crippen molar-refractivity contribution in [3.05, 3.63) is 71.0 Å². The minimum absolute atomic E-state index is 0.207. The lowest BCUT2D eigenvalue weighted by atomic mass is 9.69. The van der Waals surface area contributed by atoms with Crippen LogP contribution in [0.5, 0.6) is 0 Å². The zero-order valence-corrected chi connectivity index (χ0v) is 14.6. The molecule has 1 aliphatic heterocycles. The molecule has 4 rings (SSSR count). The largest absolute Gasteiger partial charge is 0.343 e. The van der Waals surface area contributed by atoms with E-state index >= 15 is 0 Å². The number of carbonyl (C=O) groups excluding carboxylic acids is 3. The van der Waals surface area contributed by atoms with Gasteiger partial charge in [0.1, 0.15) is 5.82 Å². The molecule has 0 atom stereocenters. The molecule has 6 heteroatoms. The van der Waals surface area contributed by atoms with Crippen LogP contribution in [-0.4, -0.2) is 22.8 Å². The average molecular weight is 367 g/mol. The van der Waals surface area contributed by atoms with Crippen molar-refractivity contribution in [2.45, 2.75) is 37.5 Å². The molecule has 2 aromatic carbocycles. The van der Waals surface area contributed by atoms with Gasteiger partial charge in [-0.2, -0.15) is 0 Å². The van der Waals surface area contributed by atoms with E-state index < -0.39 is 29.0 Å². The average Bonchev–Trinajstić information content (AvgIpc) is 2.94. The van der Waals surface area contributed by atoms with Gasteiger partial charge in [-0.1, -0.05) is 48.6 Å². The van der Waals surface area contributed by atoms with Crippen LogP contribution in [0.2, 0.25) is 0 Å². The van der Waals surface area contributed by atoms with Gasteiger partial charge in [-0.25, -0.2) is 9.18 Å². The predicted octanol–water partition coefficient (Wildman–Crippen LogP) is 3.78. The number of nitrogens with zero attached hydrogens (tertiary/aromatic N) is 1. The summed E-state index contributed by atoms with van der Waals surface area (Å²) in [6, 6.07) is 12.2. The van der Waals surface area contributed by atoms with Gasteiger partial charge in [0.2, 0.25) is 0 Å². The van der Waals surface area contributed by atoms with E-state index in [9.17, 15) is 18.8 Å². The van der Waals surface area contributed by atoms with E-state index in [-0.39, 0.29) is 11.1 Å². The first-order chi connectivity index (χ1) is 13.0. The predicted molar refractivity (Wildman–Crippen MR) is 94.2 cm³/mol. The number of amides is 2. The van der Waals surface area contributed by atoms with E-state index in [1.54, 1.807) is 24.3 Å². The topological polar surface area (TPSA) is 63.7 Å². The molecule has 2 amide bonds. The molecule has 138 valence electrons. The number of hydrogen-bond donors (Lipinski definition) is 0. The molecule has 0 spiro atoms. The lowest BCUT2D eigenvalue weighted by molar-refractivity contribution is -0.177. The van der Waals surface area contributed by atoms with Crippen molar-refractivity contribution in [3.63, 3.8) is 0 Å². The van der Waals surface area contributed by atoms with Crippen molar-refractivity contribution in [1.82, 2.24) is 5.06 Å². The Morgan fingerprint density at radius 2 is 1.56 bits per heavy atom. The van der Waals surface area contributed by atoms with Gasteiger partial charge in [0.15, 0.2) is 0 Å². The maximum atomic E-state index is 13.8. The van der Waals surface area contributed by atoms with Crippen LogP contribution in [0.25, 0.3) is 0 Å². The van der Waals surface area contributed by atoms with Crippen molar-refractivity contribution < 1.29 is 23.6 Å². The molecule has 1 aliphatic carbocycles. The van der Waals surface area contributed by atoms with Gasteiger partial charge >= 0.3 is 5.97 Å². The molecule has 5 nitrogen and oxygen atoms in total. The third-order valence-corrected chi connectivity index (χ3v) is 5.41. The highest BCUT2D eigenvalue weighted by Crippen LogP contribution is 2.41. The lowest BCUT2D eigenvalue weighted by Gasteiger charge is -2.35. The Kier molecular flexibility index (Phi) is 4.26. The Bertz CT molecular complexity index is 898. The highest BCUT2D eigenvalue weighted by molar-refractivity contribution is 6.21. The van der Waals surface area contributed by atoms with E-state index in [1.165, 1.54) is 24.3 Å². The zero-order valence-electron chi connectivity index (χ0n) is 14.6. The fourth-order valence-electron chi connectivity index (χ4n) is 3.97. The smallest absolute Gasteiger partial charge is 0.329 e. The van der Waals surface area contributed by atoms with Gasteiger partial charge in [-0.3, -0.25) is 9.59 Å². The normalized spacial score (nSPS) is 18.3. The molecule has 0 unspecified atom stereocenters. The summed E-state index contributed by atoms with van der Waals surface area (Å²) in [6.07, 6.45) is 3.51. The second-order valence-corrected chi connectivity index (χ2v) is 6.98. The third kappa shape index (κ3) is 2.81. The van der Waals surface area contributed by atoms with Crippen molar-refractivity contribution in [3.8, 4) is 0 Å². The maximum absolute atomic E-state index is 13.8. The monoisotopic (exact) mass is 367 g/mol. The van der Waals surface area contributed by atoms with Crippen LogP contribution < -0.4 is 0 Å². The molecular weight excluding hydrogens is 349 g/mol. The minimum Gasteiger partial charge on any atom is -0.329 e. The molecule has 1 heterocycles. The van der Waals surface area contributed by atoms with E-state index in [1.807, 2.05) is 0 Å². The van der Waals surface area contributed by atoms with Crippen LogP contribution in [0.3, 0.4) is 0 Å². The number of imide groups is 1. The number of hydroxylamine groups is 2. The Morgan fingerprint density at radius 1 is 0.926 bits per heavy atom. The quantitative estimate of drug-likeness (QED) is 0.775. The molecular formula is C21H18FNO4. The summed E-state index contributed by atoms with van der Waals surface area (Å²) in [4.78, 5) is 43.4. The van der Waals surface area contributed by atoms with Crippen molar-refractivity contribution >= 4 is 17.8 Å². The highest BCUT2D eigenvalue weighted by Gasteiger charge is 2.47. The molecule has 1 fully saturated rings. The van der Waals surface area contributed by atoms with E-state index in [2.05, 4.69) is 0 Å². The summed E-state index contributed by atoms with van der Waals surface area (Å²) in [5.74, 6) is -2.45. The number of halogens is 1. The number of hydrogen-bond acceptors (Lipinski definition) is 4. The molecule has 2 aliphatic rings. The Hall–Kier alpha value is -3.02. The van der Waals surface area contributed by atoms with Gasteiger partial charge in [0.25, 0.3) is 11.8 Å². The SMILES string of the molecule is O=C1c2ccccc2C(=O)N1OC(=O)C1(c2cccc(F)c2)CCCCC1. The third-order valence-electron chi connectivity index (χ3n) is 5.41. The van der Waals surface area contributed by atoms with Crippen LogP contribution in [0.1, 0.15) is 58.4 Å². The number of carbonyl (C=O) groups is 3. The fraction of sp³-hybridized carbons (Fsp3) is 0.286. The Labute approximate surface area is 155 Å². The van der Waals surface area contributed by atoms with Crippen molar-refractivity contribution in [2.75, 3.05) is 0 Å². The standard InChI is InChI=1S/C21H18FNO4/c22-15-8-6-7-14(13-15)21(11-4-1-5-12-21)20(26)27-23-18(24)16-9-2-3-10-17(16)19(23)25/h2-3,6-10,13H,1,4-5,11-12H2. The molecule has 0 bridgehead atoms. The first-order valence-corrected chi connectivity index (χ1v) is 8.99. The number of fused-ring (bicyclic) bond motifs is 1. The number of benzene rings is 2. The van der Waals surface area contributed by atoms with Gasteiger partial charge in [-0.05, 0) is 42.7 Å². The van der Waals surface area contributed by atoms with Gasteiger partial charge in [-0.15, -0.1) is 0 Å². The summed E-state index contributed by atoms with van der Waals surface area (Å²) in [5.41, 5.74) is -0.128. The van der Waals surface area contributed by atoms with E-state index in [0.29, 0.717) is 23.5 Å². The summed E-state index contributed by atoms with van der Waals surface area (Å²) in [5, 5.41) is 0.530. The first-order valence-electron chi connectivity index (χ1n) is 8.99. The lowest BCUT2D eigenvalue weighted by Crippen LogP contribution is -2.44. The minimum atomic E-state index is -1.06. The second kappa shape index (κ2) is 6.61. The summed E-state index contributed by atoms with van der Waals surface area (Å²) >= 11 is 0. The van der Waals surface area contributed by atoms with E-state index in [0.717, 1.165) is 19.3 Å². The molecule has 2 aromatic rings. The van der Waals surface area contributed by atoms with Crippen molar-refractivity contribution in [1.29, 1.82) is 0 Å². The Balaban J connectivity index is 1.66. The molecule has 1 saturated carbocycles. The fourth-order valence-corrected chi connectivity index (χ4v) is 3.97. The van der Waals surface area contributed by atoms with Crippen LogP contribution in [0, 0.1) is 5.82 Å². The van der Waals surface area contributed by atoms with Crippen LogP contribution in [0.4, 0.5) is 4.39 Å². The van der Waals surface area contributed by atoms with Gasteiger partial charge < -0.3 is 4.84 Å². The molecule has 0 saturated heterocycles. The number of rotatable bonds is 3. The molecule has 0 N–H and O–H groups in total. The maximum Gasteiger partial charge on any atom is 0.343 e. The van der Waals surface area contributed by atoms with Crippen LogP contribution >= 0.6 is 0 Å². The van der Waals surface area contributed by atoms with Crippen LogP contribution in [0.15, 0.2) is 48.5 Å². The van der Waals surface area contributed by atoms with Crippen molar-refractivity contribution in [2.24, 2.45) is 0 Å². The van der Waals surface area contributed by atoms with Gasteiger partial charge in [0, 0.05) is 0 Å². The Morgan fingerprint density at radius 3 is 2.15 bits per heavy atom. The zero-order chi connectivity index (χ0) is 19.0. The first kappa shape index (κ1) is 17.4. The van der Waals surface area contributed by atoms with Gasteiger partial charge in [0.05, 0.1) is 16.5 Å².